The van der Waals surface area contributed by atoms with Crippen LogP contribution in [0.1, 0.15) is 11.1 Å². The summed E-state index contributed by atoms with van der Waals surface area (Å²) < 4.78 is 0. The highest BCUT2D eigenvalue weighted by atomic mass is 16.4. The molecule has 0 saturated carbocycles. The van der Waals surface area contributed by atoms with Crippen molar-refractivity contribution >= 4 is 22.8 Å². The summed E-state index contributed by atoms with van der Waals surface area (Å²) in [4.78, 5) is 24.1. The van der Waals surface area contributed by atoms with Crippen LogP contribution in [0.25, 0.3) is 10.9 Å². The molecule has 0 radical (unpaired) electrons. The fourth-order valence-corrected chi connectivity index (χ4v) is 2.58. The van der Waals surface area contributed by atoms with Crippen LogP contribution >= 0.6 is 0 Å². The highest BCUT2D eigenvalue weighted by Crippen LogP contribution is 2.18. The fourth-order valence-electron chi connectivity index (χ4n) is 2.58. The lowest BCUT2D eigenvalue weighted by Gasteiger charge is -2.04. The fraction of sp³-hybridized carbons (Fsp3) is 0.200. The van der Waals surface area contributed by atoms with Crippen molar-refractivity contribution in [3.05, 3.63) is 71.9 Å². The van der Waals surface area contributed by atoms with Crippen molar-refractivity contribution in [2.45, 2.75) is 24.9 Å². The zero-order chi connectivity index (χ0) is 19.8. The molecule has 1 aromatic heterocycles. The molecule has 0 amide bonds. The predicted molar refractivity (Wildman–Crippen MR) is 103 cm³/mol. The van der Waals surface area contributed by atoms with Gasteiger partial charge in [0, 0.05) is 23.5 Å². The average molecular weight is 369 g/mol. The number of aromatic amines is 1. The zero-order valence-electron chi connectivity index (χ0n) is 14.7. The Kier molecular flexibility index (Phi) is 7.10. The van der Waals surface area contributed by atoms with E-state index in [0.717, 1.165) is 22.0 Å². The van der Waals surface area contributed by atoms with E-state index in [1.54, 1.807) is 0 Å². The summed E-state index contributed by atoms with van der Waals surface area (Å²) in [6, 6.07) is 15.5. The predicted octanol–water partition coefficient (Wildman–Crippen LogP) is 1.76. The zero-order valence-corrected chi connectivity index (χ0v) is 14.7. The van der Waals surface area contributed by atoms with Crippen LogP contribution in [0, 0.1) is 0 Å². The van der Waals surface area contributed by atoms with Crippen molar-refractivity contribution in [3.8, 4) is 0 Å². The summed E-state index contributed by atoms with van der Waals surface area (Å²) in [5, 5.41) is 18.3. The molecule has 3 rings (SSSR count). The quantitative estimate of drug-likeness (QED) is 0.448. The van der Waals surface area contributed by atoms with Gasteiger partial charge in [0.05, 0.1) is 0 Å². The number of nitrogens with one attached hydrogen (secondary N) is 1. The third-order valence-electron chi connectivity index (χ3n) is 4.05. The minimum Gasteiger partial charge on any atom is -0.480 e. The smallest absolute Gasteiger partial charge is 0.320 e. The lowest BCUT2D eigenvalue weighted by molar-refractivity contribution is -0.139. The number of carboxylic acids is 2. The average Bonchev–Trinajstić information content (AvgIpc) is 3.06. The molecule has 7 heteroatoms. The molecule has 2 aromatic carbocycles. The largest absolute Gasteiger partial charge is 0.480 e. The third kappa shape index (κ3) is 5.95. The van der Waals surface area contributed by atoms with Crippen LogP contribution < -0.4 is 11.5 Å². The van der Waals surface area contributed by atoms with Crippen LogP contribution in [0.15, 0.2) is 60.8 Å². The molecule has 27 heavy (non-hydrogen) atoms. The number of nitrogens with two attached hydrogens (primary N) is 2. The standard InChI is InChI=1S/C11H12N2O2.C9H11NO2/c12-9(11(14)15)5-7-6-13-10-4-2-1-3-8(7)10;10-8(9(11)12)6-7-4-2-1-3-5-7/h1-4,6,9,13H,5,12H2,(H,14,15);1-5,8H,6,10H2,(H,11,12)/t9-;8-/m00/s1. The van der Waals surface area contributed by atoms with E-state index in [0.29, 0.717) is 12.8 Å². The van der Waals surface area contributed by atoms with Crippen LogP contribution in [0.4, 0.5) is 0 Å². The van der Waals surface area contributed by atoms with E-state index < -0.39 is 24.0 Å². The minimum atomic E-state index is -0.972. The van der Waals surface area contributed by atoms with Gasteiger partial charge in [-0.3, -0.25) is 9.59 Å². The lowest BCUT2D eigenvalue weighted by atomic mass is 10.1. The second kappa shape index (κ2) is 9.51. The van der Waals surface area contributed by atoms with Crippen molar-refractivity contribution in [1.29, 1.82) is 0 Å². The number of fused-ring (bicyclic) bond motifs is 1. The molecule has 0 aliphatic rings. The molecule has 0 fully saturated rings. The van der Waals surface area contributed by atoms with Gasteiger partial charge in [-0.15, -0.1) is 0 Å². The lowest BCUT2D eigenvalue weighted by Crippen LogP contribution is -2.32. The molecule has 3 aromatic rings. The summed E-state index contributed by atoms with van der Waals surface area (Å²) in [5.74, 6) is -1.93. The summed E-state index contributed by atoms with van der Waals surface area (Å²) >= 11 is 0. The van der Waals surface area contributed by atoms with Gasteiger partial charge in [0.25, 0.3) is 0 Å². The first-order valence-electron chi connectivity index (χ1n) is 8.44. The van der Waals surface area contributed by atoms with E-state index in [-0.39, 0.29) is 0 Å². The van der Waals surface area contributed by atoms with E-state index >= 15 is 0 Å². The first kappa shape index (κ1) is 20.2. The molecule has 0 bridgehead atoms. The van der Waals surface area contributed by atoms with Crippen LogP contribution in [-0.4, -0.2) is 39.2 Å². The first-order chi connectivity index (χ1) is 12.9. The summed E-state index contributed by atoms with van der Waals surface area (Å²) in [6.45, 7) is 0. The molecule has 7 N–H and O–H groups in total. The number of rotatable bonds is 6. The first-order valence-corrected chi connectivity index (χ1v) is 8.44. The highest BCUT2D eigenvalue weighted by Gasteiger charge is 2.14. The van der Waals surface area contributed by atoms with Gasteiger partial charge in [0.15, 0.2) is 0 Å². The van der Waals surface area contributed by atoms with Gasteiger partial charge in [0.1, 0.15) is 12.1 Å². The van der Waals surface area contributed by atoms with Crippen molar-refractivity contribution in [2.24, 2.45) is 11.5 Å². The molecular weight excluding hydrogens is 346 g/mol. The van der Waals surface area contributed by atoms with Crippen LogP contribution in [-0.2, 0) is 22.4 Å². The number of hydrogen-bond acceptors (Lipinski definition) is 4. The van der Waals surface area contributed by atoms with Crippen LogP contribution in [0.3, 0.4) is 0 Å². The molecule has 2 atom stereocenters. The molecule has 0 saturated heterocycles. The second-order valence-electron chi connectivity index (χ2n) is 6.14. The van der Waals surface area contributed by atoms with Crippen molar-refractivity contribution < 1.29 is 19.8 Å². The van der Waals surface area contributed by atoms with Gasteiger partial charge < -0.3 is 26.7 Å². The van der Waals surface area contributed by atoms with E-state index in [9.17, 15) is 9.59 Å². The van der Waals surface area contributed by atoms with E-state index in [4.69, 9.17) is 21.7 Å². The third-order valence-corrected chi connectivity index (χ3v) is 4.05. The molecule has 7 nitrogen and oxygen atoms in total. The monoisotopic (exact) mass is 369 g/mol. The summed E-state index contributed by atoms with van der Waals surface area (Å²) in [7, 11) is 0. The maximum absolute atomic E-state index is 10.6. The number of hydrogen-bond donors (Lipinski definition) is 5. The Labute approximate surface area is 156 Å². The normalized spacial score (nSPS) is 12.7. The summed E-state index contributed by atoms with van der Waals surface area (Å²) in [6.07, 6.45) is 2.54. The maximum atomic E-state index is 10.6. The van der Waals surface area contributed by atoms with Gasteiger partial charge >= 0.3 is 11.9 Å². The number of para-hydroxylation sites is 1. The van der Waals surface area contributed by atoms with Gasteiger partial charge in [-0.2, -0.15) is 0 Å². The number of H-pyrrole nitrogens is 1. The minimum absolute atomic E-state index is 0.347. The van der Waals surface area contributed by atoms with E-state index in [1.165, 1.54) is 0 Å². The Balaban J connectivity index is 0.000000199. The Hall–Kier alpha value is -3.16. The highest BCUT2D eigenvalue weighted by molar-refractivity contribution is 5.84. The van der Waals surface area contributed by atoms with Gasteiger partial charge in [-0.25, -0.2) is 0 Å². The molecule has 0 unspecified atom stereocenters. The Morgan fingerprint density at radius 1 is 0.852 bits per heavy atom. The topological polar surface area (TPSA) is 142 Å². The number of carboxylic acid groups (broad SMARTS) is 2. The van der Waals surface area contributed by atoms with Crippen LogP contribution in [0.5, 0.6) is 0 Å². The molecule has 0 spiro atoms. The molecule has 0 aliphatic carbocycles. The van der Waals surface area contributed by atoms with Crippen molar-refractivity contribution in [1.82, 2.24) is 4.98 Å². The van der Waals surface area contributed by atoms with Gasteiger partial charge in [-0.1, -0.05) is 48.5 Å². The maximum Gasteiger partial charge on any atom is 0.320 e. The Bertz CT molecular complexity index is 892. The number of aliphatic carboxylic acids is 2. The van der Waals surface area contributed by atoms with Crippen molar-refractivity contribution in [2.75, 3.05) is 0 Å². The second-order valence-corrected chi connectivity index (χ2v) is 6.14. The molecule has 1 heterocycles. The van der Waals surface area contributed by atoms with Crippen LogP contribution in [0.2, 0.25) is 0 Å². The van der Waals surface area contributed by atoms with Crippen molar-refractivity contribution in [3.63, 3.8) is 0 Å². The number of benzene rings is 2. The van der Waals surface area contributed by atoms with E-state index in [1.807, 2.05) is 60.8 Å². The molecule has 0 aliphatic heterocycles. The Morgan fingerprint density at radius 2 is 1.41 bits per heavy atom. The SMILES string of the molecule is N[C@@H](Cc1c[nH]c2ccccc12)C(=O)O.N[C@@H](Cc1ccccc1)C(=O)O. The number of aromatic nitrogens is 1. The molecule has 142 valence electrons. The Morgan fingerprint density at radius 3 is 2.04 bits per heavy atom. The summed E-state index contributed by atoms with van der Waals surface area (Å²) in [5.41, 5.74) is 13.7. The molecular formula is C20H23N3O4. The van der Waals surface area contributed by atoms with Gasteiger partial charge in [0.2, 0.25) is 0 Å². The number of carbonyl (C=O) groups is 2. The van der Waals surface area contributed by atoms with E-state index in [2.05, 4.69) is 4.98 Å². The van der Waals surface area contributed by atoms with Gasteiger partial charge in [-0.05, 0) is 23.6 Å².